The van der Waals surface area contributed by atoms with Crippen LogP contribution in [0.5, 0.6) is 11.5 Å². The lowest BCUT2D eigenvalue weighted by Gasteiger charge is -2.09. The third-order valence-electron chi connectivity index (χ3n) is 5.69. The number of nitrogens with one attached hydrogen (secondary N) is 1. The Labute approximate surface area is 207 Å². The quantitative estimate of drug-likeness (QED) is 0.356. The van der Waals surface area contributed by atoms with Crippen LogP contribution in [0.2, 0.25) is 0 Å². The number of anilines is 1. The van der Waals surface area contributed by atoms with Crippen molar-refractivity contribution in [1.82, 2.24) is 14.2 Å². The van der Waals surface area contributed by atoms with Gasteiger partial charge in [0.1, 0.15) is 30.2 Å². The fraction of sp³-hybridized carbons (Fsp3) is 0.107. The van der Waals surface area contributed by atoms with Crippen molar-refractivity contribution in [1.29, 1.82) is 0 Å². The maximum atomic E-state index is 13.0. The number of amides is 1. The van der Waals surface area contributed by atoms with Gasteiger partial charge in [-0.3, -0.25) is 9.59 Å². The largest absolute Gasteiger partial charge is 0.497 e. The monoisotopic (exact) mass is 480 g/mol. The molecule has 0 aliphatic heterocycles. The molecule has 180 valence electrons. The molecule has 1 N–H and O–H groups in total. The lowest BCUT2D eigenvalue weighted by molar-refractivity contribution is -0.116. The highest BCUT2D eigenvalue weighted by atomic mass is 16.5. The SMILES string of the molecule is COc1ccc(-c2cc3c(=O)n(CC(=O)Nc4ccc(OCc5ccccc5)cc4)ccn3n2)cc1. The summed E-state index contributed by atoms with van der Waals surface area (Å²) >= 11 is 0. The minimum Gasteiger partial charge on any atom is -0.497 e. The summed E-state index contributed by atoms with van der Waals surface area (Å²) < 4.78 is 13.8. The van der Waals surface area contributed by atoms with E-state index in [4.69, 9.17) is 9.47 Å². The van der Waals surface area contributed by atoms with Crippen LogP contribution in [0.15, 0.2) is 102 Å². The van der Waals surface area contributed by atoms with Crippen LogP contribution in [0.1, 0.15) is 5.56 Å². The van der Waals surface area contributed by atoms with E-state index in [2.05, 4.69) is 10.4 Å². The summed E-state index contributed by atoms with van der Waals surface area (Å²) in [5.74, 6) is 1.13. The average Bonchev–Trinajstić information content (AvgIpc) is 3.36. The van der Waals surface area contributed by atoms with Crippen LogP contribution in [-0.4, -0.2) is 27.2 Å². The molecule has 0 unspecified atom stereocenters. The van der Waals surface area contributed by atoms with E-state index in [0.717, 1.165) is 16.9 Å². The topological polar surface area (TPSA) is 86.9 Å². The third kappa shape index (κ3) is 5.12. The molecule has 0 spiro atoms. The van der Waals surface area contributed by atoms with Crippen molar-refractivity contribution in [2.75, 3.05) is 12.4 Å². The summed E-state index contributed by atoms with van der Waals surface area (Å²) in [4.78, 5) is 25.6. The fourth-order valence-corrected chi connectivity index (χ4v) is 3.78. The van der Waals surface area contributed by atoms with E-state index in [1.807, 2.05) is 54.6 Å². The van der Waals surface area contributed by atoms with E-state index >= 15 is 0 Å². The van der Waals surface area contributed by atoms with Gasteiger partial charge in [0.2, 0.25) is 5.91 Å². The van der Waals surface area contributed by atoms with E-state index < -0.39 is 0 Å². The molecular formula is C28H24N4O4. The summed E-state index contributed by atoms with van der Waals surface area (Å²) in [6, 6.07) is 26.2. The second kappa shape index (κ2) is 10.2. The van der Waals surface area contributed by atoms with Crippen LogP contribution in [0.25, 0.3) is 16.8 Å². The molecule has 8 heteroatoms. The number of benzene rings is 3. The van der Waals surface area contributed by atoms with Crippen LogP contribution in [0.3, 0.4) is 0 Å². The highest BCUT2D eigenvalue weighted by molar-refractivity contribution is 5.90. The van der Waals surface area contributed by atoms with Crippen LogP contribution in [0.4, 0.5) is 5.69 Å². The van der Waals surface area contributed by atoms with Gasteiger partial charge in [0.15, 0.2) is 0 Å². The molecule has 0 aliphatic carbocycles. The van der Waals surface area contributed by atoms with Crippen molar-refractivity contribution < 1.29 is 14.3 Å². The summed E-state index contributed by atoms with van der Waals surface area (Å²) in [6.45, 7) is 0.345. The van der Waals surface area contributed by atoms with Gasteiger partial charge in [-0.05, 0) is 60.2 Å². The van der Waals surface area contributed by atoms with Crippen LogP contribution in [0, 0.1) is 0 Å². The molecule has 36 heavy (non-hydrogen) atoms. The lowest BCUT2D eigenvalue weighted by atomic mass is 10.1. The zero-order chi connectivity index (χ0) is 24.9. The summed E-state index contributed by atoms with van der Waals surface area (Å²) in [7, 11) is 1.61. The minimum absolute atomic E-state index is 0.120. The number of carbonyl (C=O) groups excluding carboxylic acids is 1. The van der Waals surface area contributed by atoms with Gasteiger partial charge in [-0.15, -0.1) is 0 Å². The van der Waals surface area contributed by atoms with Gasteiger partial charge in [-0.25, -0.2) is 4.52 Å². The van der Waals surface area contributed by atoms with Gasteiger partial charge in [0.25, 0.3) is 5.56 Å². The lowest BCUT2D eigenvalue weighted by Crippen LogP contribution is -2.28. The van der Waals surface area contributed by atoms with Crippen molar-refractivity contribution in [2.45, 2.75) is 13.2 Å². The molecular weight excluding hydrogens is 456 g/mol. The van der Waals surface area contributed by atoms with Gasteiger partial charge >= 0.3 is 0 Å². The number of hydrogen-bond acceptors (Lipinski definition) is 5. The van der Waals surface area contributed by atoms with Crippen LogP contribution >= 0.6 is 0 Å². The Morgan fingerprint density at radius 1 is 0.917 bits per heavy atom. The molecule has 0 saturated heterocycles. The first-order valence-electron chi connectivity index (χ1n) is 11.4. The second-order valence-electron chi connectivity index (χ2n) is 8.17. The molecule has 3 aromatic carbocycles. The number of rotatable bonds is 8. The average molecular weight is 481 g/mol. The smallest absolute Gasteiger partial charge is 0.277 e. The first-order chi connectivity index (χ1) is 17.6. The first-order valence-corrected chi connectivity index (χ1v) is 11.4. The van der Waals surface area contributed by atoms with Gasteiger partial charge in [-0.2, -0.15) is 5.10 Å². The molecule has 0 bridgehead atoms. The number of methoxy groups -OCH3 is 1. The zero-order valence-electron chi connectivity index (χ0n) is 19.6. The minimum atomic E-state index is -0.311. The Morgan fingerprint density at radius 3 is 2.36 bits per heavy atom. The molecule has 0 fully saturated rings. The molecule has 5 aromatic rings. The van der Waals surface area contributed by atoms with E-state index in [9.17, 15) is 9.59 Å². The molecule has 1 amide bonds. The Morgan fingerprint density at radius 2 is 1.64 bits per heavy atom. The number of aromatic nitrogens is 3. The standard InChI is InChI=1S/C28H24N4O4/c1-35-23-11-7-21(8-12-23)25-17-26-28(34)31(15-16-32(26)30-25)18-27(33)29-22-9-13-24(14-10-22)36-19-20-5-3-2-4-6-20/h2-17H,18-19H2,1H3,(H,29,33). The first kappa shape index (κ1) is 22.9. The Hall–Kier alpha value is -4.85. The summed E-state index contributed by atoms with van der Waals surface area (Å²) in [5.41, 5.74) is 3.30. The predicted molar refractivity (Wildman–Crippen MR) is 137 cm³/mol. The van der Waals surface area contributed by atoms with Crippen molar-refractivity contribution in [3.8, 4) is 22.8 Å². The molecule has 2 aromatic heterocycles. The highest BCUT2D eigenvalue weighted by Gasteiger charge is 2.12. The Balaban J connectivity index is 1.24. The summed E-state index contributed by atoms with van der Waals surface area (Å²) in [5, 5.41) is 7.30. The molecule has 0 radical (unpaired) electrons. The molecule has 0 aliphatic rings. The van der Waals surface area contributed by atoms with Crippen molar-refractivity contribution in [2.24, 2.45) is 0 Å². The molecule has 8 nitrogen and oxygen atoms in total. The van der Waals surface area contributed by atoms with Gasteiger partial charge in [-0.1, -0.05) is 30.3 Å². The van der Waals surface area contributed by atoms with Crippen LogP contribution in [-0.2, 0) is 17.9 Å². The molecule has 5 rings (SSSR count). The number of hydrogen-bond donors (Lipinski definition) is 1. The van der Waals surface area contributed by atoms with E-state index in [-0.39, 0.29) is 18.0 Å². The number of carbonyl (C=O) groups is 1. The predicted octanol–water partition coefficient (Wildman–Crippen LogP) is 4.39. The zero-order valence-corrected chi connectivity index (χ0v) is 19.6. The van der Waals surface area contributed by atoms with E-state index in [1.165, 1.54) is 9.08 Å². The van der Waals surface area contributed by atoms with Crippen LogP contribution < -0.4 is 20.3 Å². The van der Waals surface area contributed by atoms with Gasteiger partial charge < -0.3 is 19.4 Å². The normalized spacial score (nSPS) is 10.8. The third-order valence-corrected chi connectivity index (χ3v) is 5.69. The van der Waals surface area contributed by atoms with Crippen molar-refractivity contribution in [3.05, 3.63) is 113 Å². The van der Waals surface area contributed by atoms with E-state index in [0.29, 0.717) is 29.3 Å². The number of fused-ring (bicyclic) bond motifs is 1. The molecule has 2 heterocycles. The molecule has 0 atom stereocenters. The number of ether oxygens (including phenoxy) is 2. The van der Waals surface area contributed by atoms with Gasteiger partial charge in [0, 0.05) is 23.6 Å². The summed E-state index contributed by atoms with van der Waals surface area (Å²) in [6.07, 6.45) is 3.22. The maximum absolute atomic E-state index is 13.0. The Bertz CT molecular complexity index is 1540. The van der Waals surface area contributed by atoms with Crippen molar-refractivity contribution >= 4 is 17.1 Å². The van der Waals surface area contributed by atoms with Gasteiger partial charge in [0.05, 0.1) is 12.8 Å². The highest BCUT2D eigenvalue weighted by Crippen LogP contribution is 2.22. The molecule has 0 saturated carbocycles. The van der Waals surface area contributed by atoms with Crippen molar-refractivity contribution in [3.63, 3.8) is 0 Å². The Kier molecular flexibility index (Phi) is 6.48. The second-order valence-corrected chi connectivity index (χ2v) is 8.17. The maximum Gasteiger partial charge on any atom is 0.277 e. The number of nitrogens with zero attached hydrogens (tertiary/aromatic N) is 3. The fourth-order valence-electron chi connectivity index (χ4n) is 3.78. The van der Waals surface area contributed by atoms with E-state index in [1.54, 1.807) is 49.8 Å².